The van der Waals surface area contributed by atoms with Gasteiger partial charge in [-0.25, -0.2) is 8.42 Å². The Morgan fingerprint density at radius 1 is 0.861 bits per heavy atom. The summed E-state index contributed by atoms with van der Waals surface area (Å²) in [6.07, 6.45) is 3.43. The molecule has 0 saturated heterocycles. The van der Waals surface area contributed by atoms with Crippen molar-refractivity contribution >= 4 is 21.6 Å². The third-order valence-electron chi connectivity index (χ3n) is 6.01. The maximum Gasteiger partial charge on any atom is 0.264 e. The van der Waals surface area contributed by atoms with Crippen LogP contribution >= 0.6 is 0 Å². The lowest BCUT2D eigenvalue weighted by Crippen LogP contribution is -2.32. The largest absolute Gasteiger partial charge is 0.330 e. The minimum Gasteiger partial charge on any atom is -0.330 e. The van der Waals surface area contributed by atoms with Gasteiger partial charge in [0.2, 0.25) is 0 Å². The molecule has 0 saturated carbocycles. The minimum absolute atomic E-state index is 0.0799. The number of para-hydroxylation sites is 1. The summed E-state index contributed by atoms with van der Waals surface area (Å²) in [7, 11) is -3.86. The van der Waals surface area contributed by atoms with Gasteiger partial charge in [0.15, 0.2) is 0 Å². The van der Waals surface area contributed by atoms with Gasteiger partial charge >= 0.3 is 0 Å². The zero-order valence-corrected chi connectivity index (χ0v) is 21.2. The third kappa shape index (κ3) is 5.63. The molecular weight excluding hydrogens is 470 g/mol. The Labute approximate surface area is 212 Å². The van der Waals surface area contributed by atoms with Crippen LogP contribution in [0.1, 0.15) is 34.0 Å². The van der Waals surface area contributed by atoms with Gasteiger partial charge < -0.3 is 4.90 Å². The molecule has 0 aliphatic rings. The van der Waals surface area contributed by atoms with E-state index in [1.165, 1.54) is 16.4 Å². The van der Waals surface area contributed by atoms with Crippen LogP contribution in [0.2, 0.25) is 0 Å². The average Bonchev–Trinajstić information content (AvgIpc) is 2.90. The molecule has 4 aromatic rings. The molecule has 0 bridgehead atoms. The molecule has 6 nitrogen and oxygen atoms in total. The summed E-state index contributed by atoms with van der Waals surface area (Å²) in [5, 5.41) is 0. The van der Waals surface area contributed by atoms with Crippen molar-refractivity contribution in [1.29, 1.82) is 0 Å². The number of hydrogen-bond acceptors (Lipinski definition) is 4. The summed E-state index contributed by atoms with van der Waals surface area (Å²) in [5.41, 5.74) is 3.90. The molecule has 0 radical (unpaired) electrons. The number of carbonyl (C=O) groups excluding carboxylic acids is 1. The molecule has 3 aromatic carbocycles. The van der Waals surface area contributed by atoms with Crippen molar-refractivity contribution in [3.8, 4) is 0 Å². The molecule has 1 amide bonds. The first-order chi connectivity index (χ1) is 17.4. The molecule has 36 heavy (non-hydrogen) atoms. The highest BCUT2D eigenvalue weighted by Crippen LogP contribution is 2.25. The van der Waals surface area contributed by atoms with Crippen molar-refractivity contribution in [2.75, 3.05) is 10.8 Å². The van der Waals surface area contributed by atoms with E-state index in [9.17, 15) is 13.2 Å². The van der Waals surface area contributed by atoms with Crippen LogP contribution < -0.4 is 4.31 Å². The zero-order valence-electron chi connectivity index (χ0n) is 20.4. The van der Waals surface area contributed by atoms with Crippen LogP contribution in [0.25, 0.3) is 0 Å². The first-order valence-electron chi connectivity index (χ1n) is 11.8. The topological polar surface area (TPSA) is 70.6 Å². The first kappa shape index (κ1) is 25.1. The molecule has 0 atom stereocenters. The third-order valence-corrected chi connectivity index (χ3v) is 7.91. The summed E-state index contributed by atoms with van der Waals surface area (Å²) in [6.45, 7) is 4.81. The second kappa shape index (κ2) is 11.2. The number of sulfonamides is 1. The van der Waals surface area contributed by atoms with Crippen molar-refractivity contribution in [3.63, 3.8) is 0 Å². The van der Waals surface area contributed by atoms with E-state index >= 15 is 0 Å². The second-order valence-corrected chi connectivity index (χ2v) is 10.3. The molecule has 0 aliphatic carbocycles. The number of aromatic nitrogens is 1. The SMILES string of the molecule is CCN(c1ccccc1)S(=O)(=O)c1cccc(C(=O)N(Cc2cccnc2)Cc2ccccc2C)c1. The minimum atomic E-state index is -3.86. The molecule has 1 aromatic heterocycles. The van der Waals surface area contributed by atoms with Crippen molar-refractivity contribution in [1.82, 2.24) is 9.88 Å². The van der Waals surface area contributed by atoms with Gasteiger partial charge in [0.25, 0.3) is 15.9 Å². The molecule has 1 heterocycles. The highest BCUT2D eigenvalue weighted by Gasteiger charge is 2.25. The highest BCUT2D eigenvalue weighted by molar-refractivity contribution is 7.92. The van der Waals surface area contributed by atoms with Crippen molar-refractivity contribution < 1.29 is 13.2 Å². The van der Waals surface area contributed by atoms with E-state index in [0.29, 0.717) is 24.3 Å². The molecule has 0 N–H and O–H groups in total. The van der Waals surface area contributed by atoms with E-state index in [1.807, 2.05) is 49.4 Å². The monoisotopic (exact) mass is 499 g/mol. The van der Waals surface area contributed by atoms with Crippen LogP contribution in [-0.2, 0) is 23.1 Å². The molecule has 0 unspecified atom stereocenters. The Hall–Kier alpha value is -3.97. The number of anilines is 1. The zero-order chi connectivity index (χ0) is 25.5. The van der Waals surface area contributed by atoms with E-state index < -0.39 is 10.0 Å². The number of amides is 1. The van der Waals surface area contributed by atoms with Gasteiger partial charge in [0.05, 0.1) is 10.6 Å². The number of nitrogens with zero attached hydrogens (tertiary/aromatic N) is 3. The van der Waals surface area contributed by atoms with Gasteiger partial charge in [-0.3, -0.25) is 14.1 Å². The predicted molar refractivity (Wildman–Crippen MR) is 142 cm³/mol. The van der Waals surface area contributed by atoms with Gasteiger partial charge in [-0.2, -0.15) is 0 Å². The van der Waals surface area contributed by atoms with Gasteiger partial charge in [0.1, 0.15) is 0 Å². The van der Waals surface area contributed by atoms with Gasteiger partial charge in [-0.05, 0) is 66.9 Å². The van der Waals surface area contributed by atoms with Crippen LogP contribution in [0.5, 0.6) is 0 Å². The van der Waals surface area contributed by atoms with Crippen LogP contribution in [0, 0.1) is 6.92 Å². The average molecular weight is 500 g/mol. The molecule has 7 heteroatoms. The normalized spacial score (nSPS) is 11.2. The van der Waals surface area contributed by atoms with E-state index in [2.05, 4.69) is 4.98 Å². The van der Waals surface area contributed by atoms with E-state index in [4.69, 9.17) is 0 Å². The Bertz CT molecular complexity index is 1420. The summed E-state index contributed by atoms with van der Waals surface area (Å²) >= 11 is 0. The summed E-state index contributed by atoms with van der Waals surface area (Å²) in [6, 6.07) is 26.9. The fourth-order valence-electron chi connectivity index (χ4n) is 4.09. The smallest absolute Gasteiger partial charge is 0.264 e. The van der Waals surface area contributed by atoms with Gasteiger partial charge in [-0.1, -0.05) is 54.6 Å². The lowest BCUT2D eigenvalue weighted by atomic mass is 10.1. The highest BCUT2D eigenvalue weighted by atomic mass is 32.2. The van der Waals surface area contributed by atoms with Crippen molar-refractivity contribution in [2.24, 2.45) is 0 Å². The summed E-state index contributed by atoms with van der Waals surface area (Å²) in [5.74, 6) is -0.248. The van der Waals surface area contributed by atoms with Crippen LogP contribution in [0.15, 0.2) is 108 Å². The molecule has 0 spiro atoms. The number of aryl methyl sites for hydroxylation is 1. The Kier molecular flexibility index (Phi) is 7.80. The lowest BCUT2D eigenvalue weighted by molar-refractivity contribution is 0.0729. The van der Waals surface area contributed by atoms with E-state index in [1.54, 1.807) is 60.6 Å². The molecule has 184 valence electrons. The van der Waals surface area contributed by atoms with Gasteiger partial charge in [0, 0.05) is 37.6 Å². The molecule has 4 rings (SSSR count). The standard InChI is InChI=1S/C29H29N3O3S/c1-3-32(27-15-5-4-6-16-27)36(34,35)28-17-9-14-25(19-28)29(33)31(21-24-12-10-18-30-20-24)22-26-13-8-7-11-23(26)2/h4-20H,3,21-22H2,1-2H3. The second-order valence-electron chi connectivity index (χ2n) is 8.48. The first-order valence-corrected chi connectivity index (χ1v) is 13.2. The number of benzene rings is 3. The van der Waals surface area contributed by atoms with Crippen LogP contribution in [0.4, 0.5) is 5.69 Å². The molecule has 0 fully saturated rings. The van der Waals surface area contributed by atoms with Crippen LogP contribution in [0.3, 0.4) is 0 Å². The lowest BCUT2D eigenvalue weighted by Gasteiger charge is -2.25. The number of rotatable bonds is 9. The van der Waals surface area contributed by atoms with E-state index in [0.717, 1.165) is 16.7 Å². The predicted octanol–water partition coefficient (Wildman–Crippen LogP) is 5.45. The van der Waals surface area contributed by atoms with Crippen molar-refractivity contribution in [3.05, 3.63) is 126 Å². The summed E-state index contributed by atoms with van der Waals surface area (Å²) < 4.78 is 28.4. The number of carbonyl (C=O) groups is 1. The maximum atomic E-state index is 13.8. The maximum absolute atomic E-state index is 13.8. The number of hydrogen-bond donors (Lipinski definition) is 0. The van der Waals surface area contributed by atoms with Gasteiger partial charge in [-0.15, -0.1) is 0 Å². The summed E-state index contributed by atoms with van der Waals surface area (Å²) in [4.78, 5) is 19.7. The fraction of sp³-hybridized carbons (Fsp3) is 0.172. The Balaban J connectivity index is 1.68. The fourth-order valence-corrected chi connectivity index (χ4v) is 5.61. The van der Waals surface area contributed by atoms with E-state index in [-0.39, 0.29) is 17.3 Å². The molecular formula is C29H29N3O3S. The number of pyridine rings is 1. The Morgan fingerprint density at radius 3 is 2.31 bits per heavy atom. The Morgan fingerprint density at radius 2 is 1.61 bits per heavy atom. The molecule has 0 aliphatic heterocycles. The van der Waals surface area contributed by atoms with Crippen LogP contribution in [-0.4, -0.2) is 30.8 Å². The quantitative estimate of drug-likeness (QED) is 0.307. The van der Waals surface area contributed by atoms with Crippen molar-refractivity contribution in [2.45, 2.75) is 31.8 Å².